The number of carbonyl (C=O) groups excluding carboxylic acids is 1. The van der Waals surface area contributed by atoms with E-state index in [4.69, 9.17) is 0 Å². The van der Waals surface area contributed by atoms with Crippen LogP contribution >= 0.6 is 0 Å². The number of unbranched alkanes of at least 4 members (excludes halogenated alkanes) is 4. The Bertz CT molecular complexity index is 226. The van der Waals surface area contributed by atoms with Gasteiger partial charge in [0.1, 0.15) is 5.78 Å². The molecule has 0 radical (unpaired) electrons. The zero-order valence-corrected chi connectivity index (χ0v) is 11.6. The number of ketones is 1. The number of hydrogen-bond donors (Lipinski definition) is 0. The SMILES string of the molecule is CCCCC=CCCCC=CCCC(=O)CC. The first-order valence-electron chi connectivity index (χ1n) is 7.13. The highest BCUT2D eigenvalue weighted by Crippen LogP contribution is 2.02. The van der Waals surface area contributed by atoms with Gasteiger partial charge in [0.2, 0.25) is 0 Å². The van der Waals surface area contributed by atoms with E-state index in [1.807, 2.05) is 6.92 Å². The smallest absolute Gasteiger partial charge is 0.132 e. The lowest BCUT2D eigenvalue weighted by Crippen LogP contribution is -1.92. The lowest BCUT2D eigenvalue weighted by atomic mass is 10.1. The summed E-state index contributed by atoms with van der Waals surface area (Å²) in [5, 5.41) is 0. The van der Waals surface area contributed by atoms with Crippen LogP contribution in [0.5, 0.6) is 0 Å². The molecule has 0 amide bonds. The van der Waals surface area contributed by atoms with Crippen LogP contribution in [-0.2, 0) is 4.79 Å². The molecule has 0 rings (SSSR count). The van der Waals surface area contributed by atoms with Gasteiger partial charge in [0.05, 0.1) is 0 Å². The highest BCUT2D eigenvalue weighted by Gasteiger charge is 1.93. The molecule has 0 saturated heterocycles. The molecule has 17 heavy (non-hydrogen) atoms. The lowest BCUT2D eigenvalue weighted by molar-refractivity contribution is -0.118. The molecule has 0 aliphatic rings. The highest BCUT2D eigenvalue weighted by atomic mass is 16.1. The van der Waals surface area contributed by atoms with Crippen molar-refractivity contribution in [2.75, 3.05) is 0 Å². The minimum atomic E-state index is 0.369. The van der Waals surface area contributed by atoms with Gasteiger partial charge in [-0.2, -0.15) is 0 Å². The molecule has 0 bridgehead atoms. The van der Waals surface area contributed by atoms with Crippen molar-refractivity contribution in [2.24, 2.45) is 0 Å². The number of Topliss-reactive ketones (excluding diaryl/α,β-unsaturated/α-hetero) is 1. The highest BCUT2D eigenvalue weighted by molar-refractivity contribution is 5.78. The fourth-order valence-corrected chi connectivity index (χ4v) is 1.57. The van der Waals surface area contributed by atoms with Crippen molar-refractivity contribution in [1.82, 2.24) is 0 Å². The molecule has 1 heteroatoms. The summed E-state index contributed by atoms with van der Waals surface area (Å²) in [6.45, 7) is 4.15. The van der Waals surface area contributed by atoms with Crippen LogP contribution in [0.2, 0.25) is 0 Å². The molecule has 1 nitrogen and oxygen atoms in total. The third kappa shape index (κ3) is 13.1. The molecule has 0 N–H and O–H groups in total. The quantitative estimate of drug-likeness (QED) is 0.355. The molecule has 0 heterocycles. The number of rotatable bonds is 11. The van der Waals surface area contributed by atoms with Crippen molar-refractivity contribution in [1.29, 1.82) is 0 Å². The van der Waals surface area contributed by atoms with Crippen LogP contribution in [0.1, 0.15) is 71.6 Å². The van der Waals surface area contributed by atoms with Crippen LogP contribution in [0.15, 0.2) is 24.3 Å². The van der Waals surface area contributed by atoms with Crippen LogP contribution in [0.4, 0.5) is 0 Å². The number of hydrogen-bond acceptors (Lipinski definition) is 1. The summed E-state index contributed by atoms with van der Waals surface area (Å²) in [7, 11) is 0. The monoisotopic (exact) mass is 236 g/mol. The van der Waals surface area contributed by atoms with Crippen molar-refractivity contribution >= 4 is 5.78 Å². The van der Waals surface area contributed by atoms with Gasteiger partial charge in [-0.15, -0.1) is 0 Å². The van der Waals surface area contributed by atoms with Crippen LogP contribution < -0.4 is 0 Å². The van der Waals surface area contributed by atoms with Crippen molar-refractivity contribution in [3.05, 3.63) is 24.3 Å². The Kier molecular flexibility index (Phi) is 12.6. The zero-order valence-electron chi connectivity index (χ0n) is 11.6. The van der Waals surface area contributed by atoms with Gasteiger partial charge in [-0.05, 0) is 32.1 Å². The van der Waals surface area contributed by atoms with E-state index >= 15 is 0 Å². The molecule has 0 aliphatic heterocycles. The number of allylic oxidation sites excluding steroid dienone is 4. The maximum Gasteiger partial charge on any atom is 0.132 e. The van der Waals surface area contributed by atoms with E-state index in [-0.39, 0.29) is 0 Å². The van der Waals surface area contributed by atoms with E-state index < -0.39 is 0 Å². The first-order chi connectivity index (χ1) is 8.31. The van der Waals surface area contributed by atoms with E-state index in [9.17, 15) is 4.79 Å². The second-order valence-corrected chi connectivity index (χ2v) is 4.45. The molecule has 0 atom stereocenters. The summed E-state index contributed by atoms with van der Waals surface area (Å²) < 4.78 is 0. The minimum absolute atomic E-state index is 0.369. The molecule has 0 aliphatic carbocycles. The Hall–Kier alpha value is -0.850. The fourth-order valence-electron chi connectivity index (χ4n) is 1.57. The molecular weight excluding hydrogens is 208 g/mol. The van der Waals surface area contributed by atoms with Crippen molar-refractivity contribution in [3.8, 4) is 0 Å². The standard InChI is InChI=1S/C16H28O/c1-3-5-6-7-8-9-10-11-12-13-14-15-16(17)4-2/h7-8,12-13H,3-6,9-11,14-15H2,1-2H3. The average molecular weight is 236 g/mol. The molecule has 0 aromatic rings. The van der Waals surface area contributed by atoms with Gasteiger partial charge in [0, 0.05) is 12.8 Å². The third-order valence-electron chi connectivity index (χ3n) is 2.78. The summed E-state index contributed by atoms with van der Waals surface area (Å²) in [4.78, 5) is 11.0. The van der Waals surface area contributed by atoms with E-state index in [1.54, 1.807) is 0 Å². The summed E-state index contributed by atoms with van der Waals surface area (Å²) in [6.07, 6.45) is 18.6. The minimum Gasteiger partial charge on any atom is -0.300 e. The van der Waals surface area contributed by atoms with Gasteiger partial charge in [-0.25, -0.2) is 0 Å². The largest absolute Gasteiger partial charge is 0.300 e. The van der Waals surface area contributed by atoms with Gasteiger partial charge in [0.15, 0.2) is 0 Å². The molecule has 0 spiro atoms. The third-order valence-corrected chi connectivity index (χ3v) is 2.78. The molecule has 0 saturated carbocycles. The Morgan fingerprint density at radius 2 is 1.35 bits per heavy atom. The van der Waals surface area contributed by atoms with E-state index in [0.717, 1.165) is 12.8 Å². The predicted octanol–water partition coefficient (Wildman–Crippen LogP) is 5.22. The summed E-state index contributed by atoms with van der Waals surface area (Å²) in [5.74, 6) is 0.369. The lowest BCUT2D eigenvalue weighted by Gasteiger charge is -1.93. The Balaban J connectivity index is 3.24. The normalized spacial score (nSPS) is 11.6. The molecular formula is C16H28O. The summed E-state index contributed by atoms with van der Waals surface area (Å²) >= 11 is 0. The van der Waals surface area contributed by atoms with Gasteiger partial charge < -0.3 is 0 Å². The second-order valence-electron chi connectivity index (χ2n) is 4.45. The Labute approximate surface area is 107 Å². The first kappa shape index (κ1) is 16.1. The van der Waals surface area contributed by atoms with Crippen LogP contribution in [0, 0.1) is 0 Å². The molecule has 0 unspecified atom stereocenters. The van der Waals surface area contributed by atoms with Crippen LogP contribution in [-0.4, -0.2) is 5.78 Å². The molecule has 98 valence electrons. The Morgan fingerprint density at radius 1 is 0.824 bits per heavy atom. The number of carbonyl (C=O) groups is 1. The van der Waals surface area contributed by atoms with Crippen LogP contribution in [0.3, 0.4) is 0 Å². The topological polar surface area (TPSA) is 17.1 Å². The second kappa shape index (κ2) is 13.2. The predicted molar refractivity (Wildman–Crippen MR) is 76.2 cm³/mol. The molecule has 0 aromatic carbocycles. The fraction of sp³-hybridized carbons (Fsp3) is 0.688. The summed E-state index contributed by atoms with van der Waals surface area (Å²) in [6, 6.07) is 0. The summed E-state index contributed by atoms with van der Waals surface area (Å²) in [5.41, 5.74) is 0. The van der Waals surface area contributed by atoms with Crippen LogP contribution in [0.25, 0.3) is 0 Å². The van der Waals surface area contributed by atoms with Gasteiger partial charge in [-0.3, -0.25) is 4.79 Å². The van der Waals surface area contributed by atoms with Gasteiger partial charge in [0.25, 0.3) is 0 Å². The molecule has 0 fully saturated rings. The van der Waals surface area contributed by atoms with E-state index in [2.05, 4.69) is 31.2 Å². The van der Waals surface area contributed by atoms with Crippen molar-refractivity contribution < 1.29 is 4.79 Å². The first-order valence-corrected chi connectivity index (χ1v) is 7.13. The average Bonchev–Trinajstić information content (AvgIpc) is 2.35. The van der Waals surface area contributed by atoms with Crippen molar-refractivity contribution in [3.63, 3.8) is 0 Å². The van der Waals surface area contributed by atoms with Gasteiger partial charge >= 0.3 is 0 Å². The molecule has 0 aromatic heterocycles. The van der Waals surface area contributed by atoms with E-state index in [1.165, 1.54) is 32.1 Å². The van der Waals surface area contributed by atoms with Gasteiger partial charge in [-0.1, -0.05) is 51.0 Å². The maximum absolute atomic E-state index is 11.0. The van der Waals surface area contributed by atoms with Crippen molar-refractivity contribution in [2.45, 2.75) is 71.6 Å². The van der Waals surface area contributed by atoms with E-state index in [0.29, 0.717) is 18.6 Å². The zero-order chi connectivity index (χ0) is 12.8. The maximum atomic E-state index is 11.0. The Morgan fingerprint density at radius 3 is 1.88 bits per heavy atom.